The molecule has 0 N–H and O–H groups in total. The van der Waals surface area contributed by atoms with Gasteiger partial charge in [0.2, 0.25) is 5.91 Å². The molecule has 5 rings (SSSR count). The summed E-state index contributed by atoms with van der Waals surface area (Å²) in [6.07, 6.45) is 2.04. The van der Waals surface area contributed by atoms with E-state index in [2.05, 4.69) is 0 Å². The molecule has 0 spiro atoms. The third-order valence-corrected chi connectivity index (χ3v) is 6.94. The van der Waals surface area contributed by atoms with Gasteiger partial charge >= 0.3 is 0 Å². The first-order chi connectivity index (χ1) is 15.0. The highest BCUT2D eigenvalue weighted by atomic mass is 35.5. The van der Waals surface area contributed by atoms with Crippen molar-refractivity contribution in [3.63, 3.8) is 0 Å². The van der Waals surface area contributed by atoms with Crippen LogP contribution < -0.4 is 5.56 Å². The number of aryl methyl sites for hydroxylation is 2. The molecule has 1 saturated heterocycles. The summed E-state index contributed by atoms with van der Waals surface area (Å²) in [6, 6.07) is 15.2. The van der Waals surface area contributed by atoms with E-state index >= 15 is 0 Å². The first-order valence-corrected chi connectivity index (χ1v) is 11.2. The lowest BCUT2D eigenvalue weighted by molar-refractivity contribution is -0.134. The Bertz CT molecular complexity index is 1200. The van der Waals surface area contributed by atoms with E-state index in [0.717, 1.165) is 41.3 Å². The van der Waals surface area contributed by atoms with Crippen molar-refractivity contribution in [1.29, 1.82) is 0 Å². The van der Waals surface area contributed by atoms with Gasteiger partial charge in [-0.3, -0.25) is 9.59 Å². The highest BCUT2D eigenvalue weighted by Crippen LogP contribution is 2.35. The minimum atomic E-state index is 0.0652. The van der Waals surface area contributed by atoms with Crippen molar-refractivity contribution >= 4 is 17.5 Å². The average Bonchev–Trinajstić information content (AvgIpc) is 3.24. The molecule has 1 fully saturated rings. The maximum atomic E-state index is 12.9. The second-order valence-electron chi connectivity index (χ2n) is 8.73. The van der Waals surface area contributed by atoms with Gasteiger partial charge in [0.1, 0.15) is 11.5 Å². The van der Waals surface area contributed by atoms with Crippen LogP contribution >= 0.6 is 11.6 Å². The Morgan fingerprint density at radius 1 is 1.13 bits per heavy atom. The van der Waals surface area contributed by atoms with Crippen LogP contribution in [-0.2, 0) is 17.8 Å². The fraction of sp³-hybridized carbons (Fsp3) is 0.360. The van der Waals surface area contributed by atoms with Crippen LogP contribution in [0.5, 0.6) is 0 Å². The van der Waals surface area contributed by atoms with Crippen LogP contribution in [0.3, 0.4) is 0 Å². The molecular weight excluding hydrogens is 412 g/mol. The molecule has 160 valence electrons. The lowest BCUT2D eigenvalue weighted by atomic mass is 9.83. The first kappa shape index (κ1) is 20.1. The molecule has 3 aromatic rings. The van der Waals surface area contributed by atoms with Gasteiger partial charge in [0.05, 0.1) is 0 Å². The summed E-state index contributed by atoms with van der Waals surface area (Å²) < 4.78 is 7.86. The number of amides is 1. The maximum Gasteiger partial charge on any atom is 0.250 e. The SMILES string of the molecule is Cc1ccc(-c2ccc(CCC(=O)N3CC4CC(C3)c3cccc(=O)n3C4)o2)cc1Cl. The van der Waals surface area contributed by atoms with E-state index in [1.165, 1.54) is 0 Å². The summed E-state index contributed by atoms with van der Waals surface area (Å²) in [6.45, 7) is 4.08. The lowest BCUT2D eigenvalue weighted by Gasteiger charge is -2.42. The van der Waals surface area contributed by atoms with Gasteiger partial charge in [0, 0.05) is 60.7 Å². The second-order valence-corrected chi connectivity index (χ2v) is 9.13. The van der Waals surface area contributed by atoms with Crippen molar-refractivity contribution in [2.75, 3.05) is 13.1 Å². The van der Waals surface area contributed by atoms with E-state index in [1.807, 2.05) is 58.9 Å². The molecule has 0 aliphatic carbocycles. The predicted octanol–water partition coefficient (Wildman–Crippen LogP) is 4.65. The number of aromatic nitrogens is 1. The average molecular weight is 437 g/mol. The quantitative estimate of drug-likeness (QED) is 0.598. The Hall–Kier alpha value is -2.79. The summed E-state index contributed by atoms with van der Waals surface area (Å²) in [7, 11) is 0. The van der Waals surface area contributed by atoms with Crippen LogP contribution in [0.4, 0.5) is 0 Å². The molecular formula is C25H25ClN2O3. The Balaban J connectivity index is 1.23. The third kappa shape index (κ3) is 3.94. The molecule has 2 bridgehead atoms. The molecule has 2 aliphatic rings. The van der Waals surface area contributed by atoms with Gasteiger partial charge < -0.3 is 13.9 Å². The van der Waals surface area contributed by atoms with Crippen LogP contribution in [0, 0.1) is 12.8 Å². The van der Waals surface area contributed by atoms with Gasteiger partial charge in [0.25, 0.3) is 5.56 Å². The van der Waals surface area contributed by atoms with E-state index in [-0.39, 0.29) is 17.4 Å². The Labute approximate surface area is 186 Å². The highest BCUT2D eigenvalue weighted by molar-refractivity contribution is 6.31. The molecule has 1 amide bonds. The van der Waals surface area contributed by atoms with Gasteiger partial charge in [-0.15, -0.1) is 0 Å². The number of furan rings is 1. The topological polar surface area (TPSA) is 55.5 Å². The van der Waals surface area contributed by atoms with Gasteiger partial charge in [-0.25, -0.2) is 0 Å². The van der Waals surface area contributed by atoms with Gasteiger partial charge in [-0.2, -0.15) is 0 Å². The number of carbonyl (C=O) groups is 1. The van der Waals surface area contributed by atoms with Crippen LogP contribution in [0.1, 0.15) is 35.8 Å². The molecule has 6 heteroatoms. The van der Waals surface area contributed by atoms with Crippen molar-refractivity contribution in [2.45, 2.75) is 38.6 Å². The van der Waals surface area contributed by atoms with E-state index in [0.29, 0.717) is 36.9 Å². The van der Waals surface area contributed by atoms with Gasteiger partial charge in [-0.05, 0) is 49.1 Å². The molecule has 5 nitrogen and oxygen atoms in total. The number of hydrogen-bond acceptors (Lipinski definition) is 3. The Morgan fingerprint density at radius 2 is 2.00 bits per heavy atom. The number of fused-ring (bicyclic) bond motifs is 4. The Morgan fingerprint density at radius 3 is 2.84 bits per heavy atom. The van der Waals surface area contributed by atoms with Crippen LogP contribution in [-0.4, -0.2) is 28.5 Å². The van der Waals surface area contributed by atoms with Gasteiger partial charge in [-0.1, -0.05) is 29.8 Å². The van der Waals surface area contributed by atoms with Crippen molar-refractivity contribution in [2.24, 2.45) is 5.92 Å². The molecule has 4 heterocycles. The number of carbonyl (C=O) groups excluding carboxylic acids is 1. The number of nitrogens with zero attached hydrogens (tertiary/aromatic N) is 2. The second kappa shape index (κ2) is 8.04. The number of hydrogen-bond donors (Lipinski definition) is 0. The molecule has 0 radical (unpaired) electrons. The molecule has 2 atom stereocenters. The van der Waals surface area contributed by atoms with Crippen LogP contribution in [0.25, 0.3) is 11.3 Å². The smallest absolute Gasteiger partial charge is 0.250 e. The van der Waals surface area contributed by atoms with Crippen molar-refractivity contribution in [3.05, 3.63) is 80.9 Å². The standard InChI is InChI=1S/C25H25ClN2O3/c1-16-5-6-18(12-21(16)26)23-9-7-20(31-23)8-10-24(29)27-13-17-11-19(15-27)22-3-2-4-25(30)28(22)14-17/h2-7,9,12,17,19H,8,10-11,13-15H2,1H3. The van der Waals surface area contributed by atoms with Crippen molar-refractivity contribution in [3.8, 4) is 11.3 Å². The summed E-state index contributed by atoms with van der Waals surface area (Å²) in [5, 5.41) is 0.713. The zero-order valence-electron chi connectivity index (χ0n) is 17.5. The van der Waals surface area contributed by atoms with E-state index in [9.17, 15) is 9.59 Å². The molecule has 2 aliphatic heterocycles. The number of rotatable bonds is 4. The normalized spacial score (nSPS) is 19.9. The van der Waals surface area contributed by atoms with Crippen LogP contribution in [0.2, 0.25) is 5.02 Å². The predicted molar refractivity (Wildman–Crippen MR) is 120 cm³/mol. The molecule has 1 aromatic carbocycles. The fourth-order valence-corrected chi connectivity index (χ4v) is 5.08. The minimum Gasteiger partial charge on any atom is -0.461 e. The maximum absolute atomic E-state index is 12.9. The number of piperidine rings is 1. The summed E-state index contributed by atoms with van der Waals surface area (Å²) in [5.41, 5.74) is 3.09. The largest absolute Gasteiger partial charge is 0.461 e. The summed E-state index contributed by atoms with van der Waals surface area (Å²) >= 11 is 6.23. The number of pyridine rings is 1. The van der Waals surface area contributed by atoms with Gasteiger partial charge in [0.15, 0.2) is 0 Å². The monoisotopic (exact) mass is 436 g/mol. The molecule has 2 unspecified atom stereocenters. The summed E-state index contributed by atoms with van der Waals surface area (Å²) in [5.74, 6) is 2.30. The fourth-order valence-electron chi connectivity index (χ4n) is 4.90. The third-order valence-electron chi connectivity index (χ3n) is 6.54. The number of halogens is 1. The van der Waals surface area contributed by atoms with Crippen LogP contribution in [0.15, 0.2) is 57.7 Å². The van der Waals surface area contributed by atoms with Crippen molar-refractivity contribution in [1.82, 2.24) is 9.47 Å². The Kier molecular flexibility index (Phi) is 5.22. The van der Waals surface area contributed by atoms with Crippen molar-refractivity contribution < 1.29 is 9.21 Å². The van der Waals surface area contributed by atoms with E-state index < -0.39 is 0 Å². The number of benzene rings is 1. The molecule has 0 saturated carbocycles. The summed E-state index contributed by atoms with van der Waals surface area (Å²) in [4.78, 5) is 27.1. The molecule has 31 heavy (non-hydrogen) atoms. The highest BCUT2D eigenvalue weighted by Gasteiger charge is 2.36. The zero-order valence-corrected chi connectivity index (χ0v) is 18.3. The lowest BCUT2D eigenvalue weighted by Crippen LogP contribution is -2.49. The zero-order chi connectivity index (χ0) is 21.5. The first-order valence-electron chi connectivity index (χ1n) is 10.8. The van der Waals surface area contributed by atoms with E-state index in [4.69, 9.17) is 16.0 Å². The number of likely N-dealkylation sites (tertiary alicyclic amines) is 1. The van der Waals surface area contributed by atoms with E-state index in [1.54, 1.807) is 6.07 Å². The molecule has 2 aromatic heterocycles. The minimum absolute atomic E-state index is 0.0652.